The molecule has 0 bridgehead atoms. The third-order valence-corrected chi connectivity index (χ3v) is 2.33. The fraction of sp³-hybridized carbons (Fsp3) is 0.900. The minimum atomic E-state index is 0.383. The molecule has 0 fully saturated rings. The third-order valence-electron chi connectivity index (χ3n) is 2.33. The number of Topliss-reactive ketones (excluding diaryl/α,β-unsaturated/α-hetero) is 1. The standard InChI is InChI=1S/C10H21NO/c1-3-9(4-2)8-10(12)6-5-7-11/h9H,3-8,11H2,1-2H3. The monoisotopic (exact) mass is 171 g/mol. The summed E-state index contributed by atoms with van der Waals surface area (Å²) >= 11 is 0. The van der Waals surface area contributed by atoms with Gasteiger partial charge in [0.1, 0.15) is 5.78 Å². The molecule has 72 valence electrons. The molecule has 0 spiro atoms. The lowest BCUT2D eigenvalue weighted by molar-refractivity contribution is -0.120. The minimum absolute atomic E-state index is 0.383. The summed E-state index contributed by atoms with van der Waals surface area (Å²) in [5.74, 6) is 0.976. The highest BCUT2D eigenvalue weighted by Crippen LogP contribution is 2.13. The topological polar surface area (TPSA) is 43.1 Å². The van der Waals surface area contributed by atoms with Crippen LogP contribution in [0.5, 0.6) is 0 Å². The first-order valence-electron chi connectivity index (χ1n) is 4.96. The van der Waals surface area contributed by atoms with Crippen LogP contribution in [0.4, 0.5) is 0 Å². The SMILES string of the molecule is CCC(CC)CC(=O)CCCN. The zero-order chi connectivity index (χ0) is 9.40. The van der Waals surface area contributed by atoms with E-state index in [1.165, 1.54) is 0 Å². The van der Waals surface area contributed by atoms with E-state index >= 15 is 0 Å². The number of hydrogen-bond acceptors (Lipinski definition) is 2. The van der Waals surface area contributed by atoms with Crippen LogP contribution >= 0.6 is 0 Å². The zero-order valence-electron chi connectivity index (χ0n) is 8.31. The van der Waals surface area contributed by atoms with Gasteiger partial charge in [0.15, 0.2) is 0 Å². The summed E-state index contributed by atoms with van der Waals surface area (Å²) in [7, 11) is 0. The molecule has 0 saturated carbocycles. The summed E-state index contributed by atoms with van der Waals surface area (Å²) in [4.78, 5) is 11.3. The highest BCUT2D eigenvalue weighted by Gasteiger charge is 2.08. The van der Waals surface area contributed by atoms with E-state index in [4.69, 9.17) is 5.73 Å². The number of carbonyl (C=O) groups is 1. The summed E-state index contributed by atoms with van der Waals surface area (Å²) in [5.41, 5.74) is 5.32. The third kappa shape index (κ3) is 5.30. The van der Waals surface area contributed by atoms with Crippen LogP contribution in [0.15, 0.2) is 0 Å². The number of carbonyl (C=O) groups excluding carboxylic acids is 1. The molecule has 0 atom stereocenters. The lowest BCUT2D eigenvalue weighted by atomic mass is 9.95. The van der Waals surface area contributed by atoms with E-state index < -0.39 is 0 Å². The van der Waals surface area contributed by atoms with Gasteiger partial charge in [-0.3, -0.25) is 4.79 Å². The molecule has 0 aliphatic heterocycles. The van der Waals surface area contributed by atoms with E-state index in [1.54, 1.807) is 0 Å². The fourth-order valence-electron chi connectivity index (χ4n) is 1.30. The van der Waals surface area contributed by atoms with Crippen LogP contribution in [0.3, 0.4) is 0 Å². The van der Waals surface area contributed by atoms with Gasteiger partial charge in [-0.1, -0.05) is 26.7 Å². The average Bonchev–Trinajstić information content (AvgIpc) is 2.10. The van der Waals surface area contributed by atoms with Gasteiger partial charge in [-0.25, -0.2) is 0 Å². The summed E-state index contributed by atoms with van der Waals surface area (Å²) < 4.78 is 0. The van der Waals surface area contributed by atoms with Crippen LogP contribution in [0.25, 0.3) is 0 Å². The van der Waals surface area contributed by atoms with Gasteiger partial charge in [0.25, 0.3) is 0 Å². The fourth-order valence-corrected chi connectivity index (χ4v) is 1.30. The number of ketones is 1. The maximum atomic E-state index is 11.3. The molecule has 0 radical (unpaired) electrons. The molecule has 0 rings (SSSR count). The van der Waals surface area contributed by atoms with Gasteiger partial charge in [0.2, 0.25) is 0 Å². The van der Waals surface area contributed by atoms with Crippen molar-refractivity contribution < 1.29 is 4.79 Å². The van der Waals surface area contributed by atoms with Crippen LogP contribution in [0.2, 0.25) is 0 Å². The molecule has 0 unspecified atom stereocenters. The molecule has 0 aliphatic carbocycles. The molecule has 0 aromatic rings. The summed E-state index contributed by atoms with van der Waals surface area (Å²) in [6.45, 7) is 4.92. The molecule has 0 aliphatic rings. The highest BCUT2D eigenvalue weighted by molar-refractivity contribution is 5.78. The highest BCUT2D eigenvalue weighted by atomic mass is 16.1. The molecule has 0 aromatic carbocycles. The van der Waals surface area contributed by atoms with Crippen molar-refractivity contribution in [3.63, 3.8) is 0 Å². The van der Waals surface area contributed by atoms with Crippen molar-refractivity contribution in [3.8, 4) is 0 Å². The summed E-state index contributed by atoms with van der Waals surface area (Å²) in [6.07, 6.45) is 4.51. The van der Waals surface area contributed by atoms with E-state index in [-0.39, 0.29) is 0 Å². The Balaban J connectivity index is 3.52. The van der Waals surface area contributed by atoms with Crippen molar-refractivity contribution in [3.05, 3.63) is 0 Å². The molecule has 0 heterocycles. The average molecular weight is 171 g/mol. The first-order chi connectivity index (χ1) is 5.74. The lowest BCUT2D eigenvalue weighted by Gasteiger charge is -2.10. The van der Waals surface area contributed by atoms with E-state index in [9.17, 15) is 4.79 Å². The molecule has 2 nitrogen and oxygen atoms in total. The quantitative estimate of drug-likeness (QED) is 0.637. The lowest BCUT2D eigenvalue weighted by Crippen LogP contribution is -2.09. The van der Waals surface area contributed by atoms with Gasteiger partial charge >= 0.3 is 0 Å². The smallest absolute Gasteiger partial charge is 0.133 e. The molecule has 0 amide bonds. The van der Waals surface area contributed by atoms with Gasteiger partial charge in [0, 0.05) is 12.8 Å². The van der Waals surface area contributed by atoms with Gasteiger partial charge in [-0.05, 0) is 18.9 Å². The van der Waals surface area contributed by atoms with Gasteiger partial charge in [0.05, 0.1) is 0 Å². The van der Waals surface area contributed by atoms with Gasteiger partial charge in [-0.2, -0.15) is 0 Å². The van der Waals surface area contributed by atoms with Crippen molar-refractivity contribution in [2.24, 2.45) is 11.7 Å². The Labute approximate surface area is 75.5 Å². The van der Waals surface area contributed by atoms with E-state index in [0.29, 0.717) is 24.7 Å². The van der Waals surface area contributed by atoms with Gasteiger partial charge in [-0.15, -0.1) is 0 Å². The Bertz CT molecular complexity index is 119. The van der Waals surface area contributed by atoms with E-state index in [2.05, 4.69) is 13.8 Å². The zero-order valence-corrected chi connectivity index (χ0v) is 8.31. The Morgan fingerprint density at radius 1 is 1.33 bits per heavy atom. The number of rotatable bonds is 7. The van der Waals surface area contributed by atoms with Crippen molar-refractivity contribution >= 4 is 5.78 Å². The second-order valence-electron chi connectivity index (χ2n) is 3.32. The molecule has 2 heteroatoms. The number of nitrogens with two attached hydrogens (primary N) is 1. The molecule has 0 aromatic heterocycles. The van der Waals surface area contributed by atoms with E-state index in [1.807, 2.05) is 0 Å². The van der Waals surface area contributed by atoms with Crippen LogP contribution in [-0.2, 0) is 4.79 Å². The first kappa shape index (κ1) is 11.6. The predicted molar refractivity (Wildman–Crippen MR) is 52.0 cm³/mol. The van der Waals surface area contributed by atoms with Crippen molar-refractivity contribution in [2.45, 2.75) is 46.0 Å². The maximum absolute atomic E-state index is 11.3. The Kier molecular flexibility index (Phi) is 7.06. The molecule has 12 heavy (non-hydrogen) atoms. The van der Waals surface area contributed by atoms with Crippen LogP contribution in [0.1, 0.15) is 46.0 Å². The summed E-state index contributed by atoms with van der Waals surface area (Å²) in [6, 6.07) is 0. The normalized spacial score (nSPS) is 10.7. The second-order valence-corrected chi connectivity index (χ2v) is 3.32. The molecular formula is C10H21NO. The largest absolute Gasteiger partial charge is 0.330 e. The van der Waals surface area contributed by atoms with Crippen molar-refractivity contribution in [1.82, 2.24) is 0 Å². The molecular weight excluding hydrogens is 150 g/mol. The van der Waals surface area contributed by atoms with Crippen molar-refractivity contribution in [1.29, 1.82) is 0 Å². The van der Waals surface area contributed by atoms with Crippen LogP contribution in [-0.4, -0.2) is 12.3 Å². The second kappa shape index (κ2) is 7.29. The maximum Gasteiger partial charge on any atom is 0.133 e. The Morgan fingerprint density at radius 3 is 2.33 bits per heavy atom. The Morgan fingerprint density at radius 2 is 1.92 bits per heavy atom. The summed E-state index contributed by atoms with van der Waals surface area (Å²) in [5, 5.41) is 0. The van der Waals surface area contributed by atoms with Gasteiger partial charge < -0.3 is 5.73 Å². The van der Waals surface area contributed by atoms with E-state index in [0.717, 1.165) is 25.7 Å². The Hall–Kier alpha value is -0.370. The van der Waals surface area contributed by atoms with Crippen LogP contribution in [0, 0.1) is 5.92 Å². The predicted octanol–water partition coefficient (Wildman–Crippen LogP) is 2.12. The molecule has 0 saturated heterocycles. The van der Waals surface area contributed by atoms with Crippen LogP contribution < -0.4 is 5.73 Å². The minimum Gasteiger partial charge on any atom is -0.330 e. The molecule has 2 N–H and O–H groups in total. The number of hydrogen-bond donors (Lipinski definition) is 1. The van der Waals surface area contributed by atoms with Crippen molar-refractivity contribution in [2.75, 3.05) is 6.54 Å². The first-order valence-corrected chi connectivity index (χ1v) is 4.96.